The molecule has 0 radical (unpaired) electrons. The van der Waals surface area contributed by atoms with Gasteiger partial charge in [0.25, 0.3) is 0 Å². The normalized spacial score (nSPS) is 19.7. The van der Waals surface area contributed by atoms with Gasteiger partial charge in [0, 0.05) is 57.9 Å². The topological polar surface area (TPSA) is 280 Å². The van der Waals surface area contributed by atoms with Crippen molar-refractivity contribution in [1.82, 2.24) is 41.0 Å². The fourth-order valence-corrected chi connectivity index (χ4v) is 12.0. The van der Waals surface area contributed by atoms with E-state index in [4.69, 9.17) is 11.5 Å². The highest BCUT2D eigenvalue weighted by atomic mass is 35.5. The van der Waals surface area contributed by atoms with E-state index in [0.29, 0.717) is 45.1 Å². The molecule has 8 amide bonds. The Morgan fingerprint density at radius 1 is 0.756 bits per heavy atom. The van der Waals surface area contributed by atoms with Crippen LogP contribution in [0.5, 0.6) is 0 Å². The van der Waals surface area contributed by atoms with Crippen LogP contribution in [0.1, 0.15) is 146 Å². The van der Waals surface area contributed by atoms with E-state index in [0.717, 1.165) is 64.9 Å². The van der Waals surface area contributed by atoms with Crippen LogP contribution in [0.3, 0.4) is 0 Å². The molecule has 3 aromatic carbocycles. The summed E-state index contributed by atoms with van der Waals surface area (Å²) in [6.07, 6.45) is 6.57. The number of carbonyl (C=O) groups is 8. The SMILES string of the molecule is Cc1ncsc1-c1ccc(CNC(=O)[C@@H]2C[C@@H](O)CN2C(=O)[C@@H](NC(=O)CCCCCCCCCC(=O)N2CC[C@H]3CC[C@@H](C(=O)N[C@@H](CCC(N)=O)C(=O)NC(c4ccccc4)c4ccccc4)N3C(=O)[C@@H](N)C2)C(C)(C)C)cc1.Cl. The summed E-state index contributed by atoms with van der Waals surface area (Å²) in [5, 5.41) is 22.4. The van der Waals surface area contributed by atoms with Gasteiger partial charge in [-0.1, -0.05) is 138 Å². The van der Waals surface area contributed by atoms with Gasteiger partial charge in [-0.05, 0) is 73.1 Å². The second kappa shape index (κ2) is 30.5. The lowest BCUT2D eigenvalue weighted by molar-refractivity contribution is -0.145. The quantitative estimate of drug-likeness (QED) is 0.0393. The highest BCUT2D eigenvalue weighted by molar-refractivity contribution is 7.13. The first-order chi connectivity index (χ1) is 38.8. The van der Waals surface area contributed by atoms with Crippen LogP contribution in [-0.4, -0.2) is 134 Å². The van der Waals surface area contributed by atoms with Crippen LogP contribution in [0, 0.1) is 12.3 Å². The number of benzene rings is 3. The zero-order chi connectivity index (χ0) is 58.2. The number of β-amino-alcohol motifs (C(OH)–C–C–N with tert-alkyl or cyclic N) is 1. The first-order valence-corrected chi connectivity index (χ1v) is 29.6. The Labute approximate surface area is 491 Å². The summed E-state index contributed by atoms with van der Waals surface area (Å²) < 4.78 is 0. The number of nitrogens with two attached hydrogens (primary N) is 2. The van der Waals surface area contributed by atoms with Crippen molar-refractivity contribution >= 4 is 71.0 Å². The summed E-state index contributed by atoms with van der Waals surface area (Å²) in [5.41, 5.74) is 17.7. The van der Waals surface area contributed by atoms with E-state index in [9.17, 15) is 43.5 Å². The van der Waals surface area contributed by atoms with Crippen LogP contribution in [-0.2, 0) is 44.9 Å². The molecular weight excluding hydrogens is 1080 g/mol. The van der Waals surface area contributed by atoms with E-state index in [1.54, 1.807) is 16.2 Å². The number of carbonyl (C=O) groups excluding carboxylic acids is 8. The van der Waals surface area contributed by atoms with Crippen molar-refractivity contribution in [2.75, 3.05) is 19.6 Å². The minimum Gasteiger partial charge on any atom is -0.391 e. The number of halogens is 1. The van der Waals surface area contributed by atoms with Crippen LogP contribution in [0.4, 0.5) is 0 Å². The number of aliphatic hydroxyl groups is 1. The predicted molar refractivity (Wildman–Crippen MR) is 317 cm³/mol. The minimum absolute atomic E-state index is 0. The fourth-order valence-electron chi connectivity index (χ4n) is 11.2. The molecule has 0 aliphatic carbocycles. The van der Waals surface area contributed by atoms with Crippen molar-refractivity contribution in [3.8, 4) is 10.4 Å². The number of amides is 8. The lowest BCUT2D eigenvalue weighted by Gasteiger charge is -2.37. The van der Waals surface area contributed by atoms with E-state index < -0.39 is 77.3 Å². The first kappa shape index (κ1) is 64.4. The van der Waals surface area contributed by atoms with Gasteiger partial charge in [-0.3, -0.25) is 38.4 Å². The smallest absolute Gasteiger partial charge is 0.246 e. The molecule has 1 aromatic heterocycles. The molecule has 19 nitrogen and oxygen atoms in total. The molecule has 4 heterocycles. The zero-order valence-corrected chi connectivity index (χ0v) is 49.3. The molecule has 3 saturated heterocycles. The Kier molecular flexibility index (Phi) is 24.0. The molecule has 21 heteroatoms. The van der Waals surface area contributed by atoms with Gasteiger partial charge in [-0.15, -0.1) is 23.7 Å². The van der Waals surface area contributed by atoms with Gasteiger partial charge >= 0.3 is 0 Å². The number of aromatic nitrogens is 1. The number of fused-ring (bicyclic) bond motifs is 1. The van der Waals surface area contributed by atoms with Gasteiger partial charge in [0.05, 0.1) is 28.2 Å². The van der Waals surface area contributed by atoms with Crippen molar-refractivity contribution < 1.29 is 43.5 Å². The van der Waals surface area contributed by atoms with Crippen LogP contribution in [0.2, 0.25) is 0 Å². The Balaban J connectivity index is 0.0000108. The van der Waals surface area contributed by atoms with Crippen molar-refractivity contribution in [1.29, 1.82) is 0 Å². The second-order valence-corrected chi connectivity index (χ2v) is 23.8. The fraction of sp³-hybridized carbons (Fsp3) is 0.525. The number of nitrogens with one attached hydrogen (secondary N) is 4. The number of aryl methyl sites for hydroxylation is 1. The summed E-state index contributed by atoms with van der Waals surface area (Å²) in [6, 6.07) is 21.0. The maximum atomic E-state index is 14.1. The largest absolute Gasteiger partial charge is 0.391 e. The highest BCUT2D eigenvalue weighted by Gasteiger charge is 2.46. The molecule has 3 aliphatic rings. The number of nitrogens with zero attached hydrogens (tertiary/aromatic N) is 4. The van der Waals surface area contributed by atoms with Gasteiger partial charge in [-0.25, -0.2) is 4.98 Å². The Morgan fingerprint density at radius 3 is 1.98 bits per heavy atom. The molecule has 0 unspecified atom stereocenters. The molecule has 3 fully saturated rings. The molecule has 4 aromatic rings. The minimum atomic E-state index is -1.12. The molecule has 3 aliphatic heterocycles. The van der Waals surface area contributed by atoms with Gasteiger partial charge < -0.3 is 52.5 Å². The van der Waals surface area contributed by atoms with Crippen molar-refractivity contribution in [3.63, 3.8) is 0 Å². The average Bonchev–Trinajstić information content (AvgIpc) is 4.26. The predicted octanol–water partition coefficient (Wildman–Crippen LogP) is 5.74. The molecular formula is C61H83ClN10O9S. The Morgan fingerprint density at radius 2 is 1.38 bits per heavy atom. The summed E-state index contributed by atoms with van der Waals surface area (Å²) in [5.74, 6) is -3.17. The number of hydrogen-bond acceptors (Lipinski definition) is 12. The number of primary amides is 1. The van der Waals surface area contributed by atoms with E-state index in [1.165, 1.54) is 9.80 Å². The van der Waals surface area contributed by atoms with Crippen molar-refractivity contribution in [2.24, 2.45) is 16.9 Å². The number of rotatable bonds is 25. The summed E-state index contributed by atoms with van der Waals surface area (Å²) in [4.78, 5) is 118. The molecule has 9 N–H and O–H groups in total. The number of aliphatic hydroxyl groups excluding tert-OH is 1. The number of hydrogen-bond donors (Lipinski definition) is 7. The van der Waals surface area contributed by atoms with Crippen LogP contribution in [0.15, 0.2) is 90.4 Å². The van der Waals surface area contributed by atoms with Crippen LogP contribution < -0.4 is 32.7 Å². The number of likely N-dealkylation sites (tertiary alicyclic amines) is 1. The average molecular weight is 1170 g/mol. The standard InChI is InChI=1S/C61H82N10O9S.ClH/c1-39-54(81-38-65-39)43-26-24-40(25-27-43)35-64-57(77)49-34-45(72)36-70(49)60(80)55(61(2,3)4)67-51(74)22-16-8-6-5-7-9-17-23-52(75)69-33-32-44-28-30-48(71(44)59(79)46(62)37-69)58(78)66-47(29-31-50(63)73)56(76)68-53(41-18-12-10-13-19-41)42-20-14-11-15-21-42;/h10-15,18-21,24-27,38,44-49,53,55,72H,5-9,16-17,22-23,28-37,62H2,1-4H3,(H2,63,73)(H,64,77)(H,66,78)(H,67,74)(H,68,76);1H/t44-,45-,46+,47+,48+,49+,55-;/m1./s1. The first-order valence-electron chi connectivity index (χ1n) is 28.7. The van der Waals surface area contributed by atoms with Gasteiger partial charge in [0.1, 0.15) is 30.2 Å². The molecule has 82 heavy (non-hydrogen) atoms. The lowest BCUT2D eigenvalue weighted by atomic mass is 9.85. The van der Waals surface area contributed by atoms with E-state index in [2.05, 4.69) is 26.3 Å². The number of thiazole rings is 1. The lowest BCUT2D eigenvalue weighted by Crippen LogP contribution is -2.60. The van der Waals surface area contributed by atoms with Crippen LogP contribution >= 0.6 is 23.7 Å². The van der Waals surface area contributed by atoms with Crippen LogP contribution in [0.25, 0.3) is 10.4 Å². The molecule has 0 saturated carbocycles. The molecule has 7 rings (SSSR count). The molecule has 444 valence electrons. The third kappa shape index (κ3) is 17.6. The molecule has 7 atom stereocenters. The highest BCUT2D eigenvalue weighted by Crippen LogP contribution is 2.32. The molecule has 0 bridgehead atoms. The van der Waals surface area contributed by atoms with Gasteiger partial charge in [0.15, 0.2) is 0 Å². The van der Waals surface area contributed by atoms with E-state index in [-0.39, 0.29) is 81.5 Å². The third-order valence-corrected chi connectivity index (χ3v) is 16.7. The monoisotopic (exact) mass is 1170 g/mol. The Bertz CT molecular complexity index is 2760. The van der Waals surface area contributed by atoms with E-state index >= 15 is 0 Å². The maximum Gasteiger partial charge on any atom is 0.246 e. The van der Waals surface area contributed by atoms with E-state index in [1.807, 2.05) is 118 Å². The maximum absolute atomic E-state index is 14.1. The molecule has 0 spiro atoms. The second-order valence-electron chi connectivity index (χ2n) is 23.0. The Hall–Kier alpha value is -6.74. The van der Waals surface area contributed by atoms with Gasteiger partial charge in [0.2, 0.25) is 47.3 Å². The summed E-state index contributed by atoms with van der Waals surface area (Å²) >= 11 is 1.57. The third-order valence-electron chi connectivity index (χ3n) is 15.7. The summed E-state index contributed by atoms with van der Waals surface area (Å²) in [6.45, 7) is 8.20. The number of unbranched alkanes of at least 4 members (excludes halogenated alkanes) is 6. The zero-order valence-electron chi connectivity index (χ0n) is 47.7. The van der Waals surface area contributed by atoms with Gasteiger partial charge in [-0.2, -0.15) is 0 Å². The van der Waals surface area contributed by atoms with Crippen molar-refractivity contribution in [3.05, 3.63) is 113 Å². The summed E-state index contributed by atoms with van der Waals surface area (Å²) in [7, 11) is 0. The van der Waals surface area contributed by atoms with Crippen molar-refractivity contribution in [2.45, 2.75) is 179 Å².